The van der Waals surface area contributed by atoms with Gasteiger partial charge in [-0.15, -0.1) is 0 Å². The SMILES string of the molecule is O=C(NCCOCCOCCOCCNC(=O)n1ccnc1)OCc1ccccc1. The Morgan fingerprint density at radius 2 is 1.50 bits per heavy atom. The first kappa shape index (κ1) is 23.3. The predicted octanol–water partition coefficient (Wildman–Crippen LogP) is 1.42. The number of rotatable bonds is 14. The molecule has 10 nitrogen and oxygen atoms in total. The summed E-state index contributed by atoms with van der Waals surface area (Å²) < 4.78 is 22.5. The van der Waals surface area contributed by atoms with E-state index in [4.69, 9.17) is 18.9 Å². The second-order valence-electron chi connectivity index (χ2n) is 6.03. The van der Waals surface area contributed by atoms with Gasteiger partial charge in [0, 0.05) is 25.5 Å². The summed E-state index contributed by atoms with van der Waals surface area (Å²) in [7, 11) is 0. The van der Waals surface area contributed by atoms with Gasteiger partial charge in [0.15, 0.2) is 0 Å². The molecular weight excluding hydrogens is 392 g/mol. The summed E-state index contributed by atoms with van der Waals surface area (Å²) in [5.41, 5.74) is 0.935. The fraction of sp³-hybridized carbons (Fsp3) is 0.450. The summed E-state index contributed by atoms with van der Waals surface area (Å²) in [6.07, 6.45) is 4.06. The number of carbonyl (C=O) groups is 2. The Labute approximate surface area is 175 Å². The van der Waals surface area contributed by atoms with E-state index in [1.54, 1.807) is 6.20 Å². The first-order valence-corrected chi connectivity index (χ1v) is 9.69. The highest BCUT2D eigenvalue weighted by Gasteiger charge is 2.02. The Morgan fingerprint density at radius 1 is 0.867 bits per heavy atom. The molecule has 2 amide bonds. The molecule has 0 aliphatic carbocycles. The molecule has 10 heteroatoms. The summed E-state index contributed by atoms with van der Waals surface area (Å²) >= 11 is 0. The highest BCUT2D eigenvalue weighted by molar-refractivity contribution is 5.76. The van der Waals surface area contributed by atoms with Gasteiger partial charge in [-0.2, -0.15) is 0 Å². The topological polar surface area (TPSA) is 113 Å². The molecule has 0 unspecified atom stereocenters. The number of nitrogens with zero attached hydrogens (tertiary/aromatic N) is 2. The van der Waals surface area contributed by atoms with Crippen molar-refractivity contribution in [3.05, 3.63) is 54.6 Å². The number of benzene rings is 1. The number of nitrogens with one attached hydrogen (secondary N) is 2. The van der Waals surface area contributed by atoms with E-state index in [1.807, 2.05) is 30.3 Å². The van der Waals surface area contributed by atoms with Gasteiger partial charge in [-0.1, -0.05) is 30.3 Å². The number of ether oxygens (including phenoxy) is 4. The molecule has 0 fully saturated rings. The summed E-state index contributed by atoms with van der Waals surface area (Å²) in [5, 5.41) is 5.32. The molecule has 0 saturated heterocycles. The third-order valence-corrected chi connectivity index (χ3v) is 3.73. The number of imidazole rings is 1. The fourth-order valence-corrected chi connectivity index (χ4v) is 2.24. The largest absolute Gasteiger partial charge is 0.445 e. The van der Waals surface area contributed by atoms with E-state index < -0.39 is 6.09 Å². The Morgan fingerprint density at radius 3 is 2.13 bits per heavy atom. The van der Waals surface area contributed by atoms with Crippen LogP contribution < -0.4 is 10.6 Å². The van der Waals surface area contributed by atoms with Crippen molar-refractivity contribution in [3.63, 3.8) is 0 Å². The Bertz CT molecular complexity index is 711. The van der Waals surface area contributed by atoms with Gasteiger partial charge in [0.25, 0.3) is 0 Å². The highest BCUT2D eigenvalue weighted by atomic mass is 16.6. The van der Waals surface area contributed by atoms with Crippen LogP contribution >= 0.6 is 0 Å². The molecule has 2 aromatic rings. The third kappa shape index (κ3) is 10.6. The molecule has 30 heavy (non-hydrogen) atoms. The predicted molar refractivity (Wildman–Crippen MR) is 108 cm³/mol. The van der Waals surface area contributed by atoms with Crippen LogP contribution in [0.5, 0.6) is 0 Å². The van der Waals surface area contributed by atoms with Gasteiger partial charge in [-0.3, -0.25) is 4.57 Å². The summed E-state index contributed by atoms with van der Waals surface area (Å²) in [5.74, 6) is 0. The van der Waals surface area contributed by atoms with E-state index in [1.165, 1.54) is 17.1 Å². The molecule has 2 rings (SSSR count). The maximum Gasteiger partial charge on any atom is 0.407 e. The molecule has 1 aromatic heterocycles. The van der Waals surface area contributed by atoms with Gasteiger partial charge >= 0.3 is 12.1 Å². The standard InChI is InChI=1S/C20H28N4O6/c25-19(24-9-6-21-17-24)22-7-10-27-12-14-29-15-13-28-11-8-23-20(26)30-16-18-4-2-1-3-5-18/h1-6,9,17H,7-8,10-16H2,(H,22,25)(H,23,26). The zero-order valence-corrected chi connectivity index (χ0v) is 16.8. The molecule has 1 aromatic carbocycles. The number of alkyl carbamates (subject to hydrolysis) is 1. The van der Waals surface area contributed by atoms with Crippen LogP contribution in [0.1, 0.15) is 5.56 Å². The first-order chi connectivity index (χ1) is 14.8. The van der Waals surface area contributed by atoms with E-state index >= 15 is 0 Å². The van der Waals surface area contributed by atoms with E-state index in [-0.39, 0.29) is 12.6 Å². The monoisotopic (exact) mass is 420 g/mol. The van der Waals surface area contributed by atoms with Crippen LogP contribution in [0, 0.1) is 0 Å². The molecule has 2 N–H and O–H groups in total. The molecule has 0 spiro atoms. The van der Waals surface area contributed by atoms with Crippen molar-refractivity contribution in [1.82, 2.24) is 20.2 Å². The van der Waals surface area contributed by atoms with Crippen LogP contribution in [-0.4, -0.2) is 74.4 Å². The minimum Gasteiger partial charge on any atom is -0.445 e. The number of aromatic nitrogens is 2. The average Bonchev–Trinajstić information content (AvgIpc) is 3.31. The Balaban J connectivity index is 1.30. The van der Waals surface area contributed by atoms with Crippen LogP contribution in [0.3, 0.4) is 0 Å². The molecule has 1 heterocycles. The van der Waals surface area contributed by atoms with Gasteiger partial charge < -0.3 is 29.6 Å². The minimum atomic E-state index is -0.475. The van der Waals surface area contributed by atoms with Gasteiger partial charge in [-0.05, 0) is 5.56 Å². The van der Waals surface area contributed by atoms with E-state index in [2.05, 4.69) is 15.6 Å². The zero-order chi connectivity index (χ0) is 21.3. The van der Waals surface area contributed by atoms with Crippen LogP contribution in [0.2, 0.25) is 0 Å². The van der Waals surface area contributed by atoms with Crippen molar-refractivity contribution in [1.29, 1.82) is 0 Å². The minimum absolute atomic E-state index is 0.237. The number of carbonyl (C=O) groups excluding carboxylic acids is 2. The lowest BCUT2D eigenvalue weighted by Gasteiger charge is -2.09. The first-order valence-electron chi connectivity index (χ1n) is 9.69. The van der Waals surface area contributed by atoms with Gasteiger partial charge in [0.2, 0.25) is 0 Å². The summed E-state index contributed by atoms with van der Waals surface area (Å²) in [6, 6.07) is 9.23. The van der Waals surface area contributed by atoms with Gasteiger partial charge in [0.05, 0.1) is 39.6 Å². The third-order valence-electron chi connectivity index (χ3n) is 3.73. The summed E-state index contributed by atoms with van der Waals surface area (Å²) in [4.78, 5) is 26.9. The van der Waals surface area contributed by atoms with Crippen LogP contribution in [0.4, 0.5) is 9.59 Å². The summed E-state index contributed by atoms with van der Waals surface area (Å²) in [6.45, 7) is 3.48. The van der Waals surface area contributed by atoms with E-state index in [9.17, 15) is 9.59 Å². The average molecular weight is 420 g/mol. The van der Waals surface area contributed by atoms with E-state index in [0.717, 1.165) is 5.56 Å². The molecule has 0 atom stereocenters. The van der Waals surface area contributed by atoms with Crippen LogP contribution in [0.25, 0.3) is 0 Å². The van der Waals surface area contributed by atoms with Crippen molar-refractivity contribution >= 4 is 12.1 Å². The van der Waals surface area contributed by atoms with Crippen molar-refractivity contribution in [3.8, 4) is 0 Å². The van der Waals surface area contributed by atoms with Crippen molar-refractivity contribution < 1.29 is 28.5 Å². The van der Waals surface area contributed by atoms with Gasteiger partial charge in [0.1, 0.15) is 12.9 Å². The smallest absolute Gasteiger partial charge is 0.407 e. The fourth-order valence-electron chi connectivity index (χ4n) is 2.24. The number of amides is 2. The van der Waals surface area contributed by atoms with Crippen molar-refractivity contribution in [2.24, 2.45) is 0 Å². The number of hydrogen-bond acceptors (Lipinski definition) is 7. The molecule has 0 aliphatic heterocycles. The maximum absolute atomic E-state index is 11.6. The number of hydrogen-bond donors (Lipinski definition) is 2. The zero-order valence-electron chi connectivity index (χ0n) is 16.8. The molecular formula is C20H28N4O6. The molecule has 164 valence electrons. The normalized spacial score (nSPS) is 10.5. The van der Waals surface area contributed by atoms with Crippen LogP contribution in [-0.2, 0) is 25.6 Å². The van der Waals surface area contributed by atoms with Crippen LogP contribution in [0.15, 0.2) is 49.1 Å². The van der Waals surface area contributed by atoms with Gasteiger partial charge in [-0.25, -0.2) is 14.6 Å². The quantitative estimate of drug-likeness (QED) is 0.444. The lowest BCUT2D eigenvalue weighted by molar-refractivity contribution is 0.0159. The highest BCUT2D eigenvalue weighted by Crippen LogP contribution is 2.00. The second-order valence-corrected chi connectivity index (χ2v) is 6.03. The molecule has 0 radical (unpaired) electrons. The Kier molecular flexibility index (Phi) is 11.6. The van der Waals surface area contributed by atoms with E-state index in [0.29, 0.717) is 52.7 Å². The second kappa shape index (κ2) is 15.0. The molecule has 0 saturated carbocycles. The Hall–Kier alpha value is -2.95. The maximum atomic E-state index is 11.6. The van der Waals surface area contributed by atoms with Crippen molar-refractivity contribution in [2.45, 2.75) is 6.61 Å². The lowest BCUT2D eigenvalue weighted by Crippen LogP contribution is -2.30. The van der Waals surface area contributed by atoms with Crippen molar-refractivity contribution in [2.75, 3.05) is 52.7 Å². The lowest BCUT2D eigenvalue weighted by atomic mass is 10.2. The molecule has 0 bridgehead atoms. The molecule has 0 aliphatic rings.